The van der Waals surface area contributed by atoms with Crippen molar-refractivity contribution in [1.29, 1.82) is 0 Å². The summed E-state index contributed by atoms with van der Waals surface area (Å²) in [4.78, 5) is 0. The van der Waals surface area contributed by atoms with Crippen LogP contribution in [0.15, 0.2) is 0 Å². The van der Waals surface area contributed by atoms with Crippen molar-refractivity contribution in [3.63, 3.8) is 0 Å². The Bertz CT molecular complexity index is 286. The van der Waals surface area contributed by atoms with Crippen molar-refractivity contribution in [2.24, 2.45) is 0 Å². The molecule has 0 radical (unpaired) electrons. The van der Waals surface area contributed by atoms with Gasteiger partial charge in [0.2, 0.25) is 0 Å². The quantitative estimate of drug-likeness (QED) is 0.626. The molecular weight excluding hydrogens is 310 g/mol. The molecule has 19 heavy (non-hydrogen) atoms. The maximum atomic E-state index is 12.5. The Hall–Kier alpha value is -0.820. The zero-order valence-corrected chi connectivity index (χ0v) is 8.28. The third-order valence-corrected chi connectivity index (χ3v) is 1.31. The molecule has 3 nitrogen and oxygen atoms in total. The van der Waals surface area contributed by atoms with Crippen molar-refractivity contribution < 1.29 is 58.5 Å². The summed E-state index contributed by atoms with van der Waals surface area (Å²) < 4.78 is 123. The first-order valence-electron chi connectivity index (χ1n) is 3.98. The average Bonchev–Trinajstić information content (AvgIpc) is 2.13. The normalized spacial score (nSPS) is 19.1. The lowest BCUT2D eigenvalue weighted by atomic mass is 10.5. The Balaban J connectivity index is 4.65. The van der Waals surface area contributed by atoms with Crippen LogP contribution in [0.2, 0.25) is 0 Å². The van der Waals surface area contributed by atoms with Gasteiger partial charge in [-0.2, -0.15) is 35.1 Å². The molecule has 0 spiro atoms. The van der Waals surface area contributed by atoms with Gasteiger partial charge in [0.1, 0.15) is 0 Å². The number of ether oxygens (including phenoxy) is 2. The molecule has 0 heterocycles. The summed E-state index contributed by atoms with van der Waals surface area (Å²) in [6, 6.07) is 0. The molecule has 0 aromatic carbocycles. The minimum atomic E-state index is -5.93. The Morgan fingerprint density at radius 2 is 1.11 bits per heavy atom. The van der Waals surface area contributed by atoms with Gasteiger partial charge in [0.25, 0.3) is 19.0 Å². The third kappa shape index (κ3) is 5.78. The van der Waals surface area contributed by atoms with E-state index in [-0.39, 0.29) is 0 Å². The maximum Gasteiger partial charge on any atom is 0.445 e. The van der Waals surface area contributed by atoms with Crippen LogP contribution in [-0.4, -0.2) is 42.6 Å². The highest BCUT2D eigenvalue weighted by Gasteiger charge is 2.54. The van der Waals surface area contributed by atoms with E-state index in [2.05, 4.69) is 9.47 Å². The first-order valence-corrected chi connectivity index (χ1v) is 3.98. The van der Waals surface area contributed by atoms with Crippen LogP contribution >= 0.6 is 0 Å². The molecule has 0 bridgehead atoms. The molecule has 116 valence electrons. The first-order chi connectivity index (χ1) is 8.18. The van der Waals surface area contributed by atoms with E-state index in [9.17, 15) is 43.9 Å². The number of halogens is 10. The molecular formula is C6H4F10O3. The van der Waals surface area contributed by atoms with Crippen LogP contribution in [0.4, 0.5) is 43.9 Å². The number of hydrogen-bond acceptors (Lipinski definition) is 3. The Kier molecular flexibility index (Phi) is 5.42. The molecule has 0 aliphatic rings. The third-order valence-electron chi connectivity index (χ3n) is 1.31. The van der Waals surface area contributed by atoms with E-state index in [1.54, 1.807) is 0 Å². The molecule has 0 aliphatic carbocycles. The summed E-state index contributed by atoms with van der Waals surface area (Å²) in [6.07, 6.45) is -30.5. The van der Waals surface area contributed by atoms with E-state index < -0.39 is 37.5 Å². The first kappa shape index (κ1) is 18.2. The van der Waals surface area contributed by atoms with E-state index >= 15 is 0 Å². The summed E-state index contributed by atoms with van der Waals surface area (Å²) in [5.41, 5.74) is 0. The number of rotatable bonds is 5. The molecule has 0 rings (SSSR count). The van der Waals surface area contributed by atoms with Crippen LogP contribution in [0, 0.1) is 0 Å². The van der Waals surface area contributed by atoms with Gasteiger partial charge in [0.15, 0.2) is 0 Å². The van der Waals surface area contributed by atoms with Gasteiger partial charge in [0.05, 0.1) is 0 Å². The number of aliphatic hydroxyl groups is 1. The van der Waals surface area contributed by atoms with Gasteiger partial charge in [-0.25, -0.2) is 8.78 Å². The SMILES string of the molecule is OC(OC(F)C(F)(F)F)C(F)(F)OC(F)C(F)(F)F. The predicted octanol–water partition coefficient (Wildman–Crippen LogP) is 2.65. The average molecular weight is 314 g/mol. The highest BCUT2D eigenvalue weighted by Crippen LogP contribution is 2.33. The monoisotopic (exact) mass is 314 g/mol. The van der Waals surface area contributed by atoms with Gasteiger partial charge in [0, 0.05) is 0 Å². The molecule has 0 aromatic heterocycles. The zero-order chi connectivity index (χ0) is 15.6. The fourth-order valence-electron chi connectivity index (χ4n) is 0.533. The van der Waals surface area contributed by atoms with Gasteiger partial charge in [-0.15, -0.1) is 0 Å². The molecule has 1 N–H and O–H groups in total. The molecule has 3 atom stereocenters. The van der Waals surface area contributed by atoms with Crippen molar-refractivity contribution in [3.8, 4) is 0 Å². The van der Waals surface area contributed by atoms with E-state index in [1.165, 1.54) is 0 Å². The van der Waals surface area contributed by atoms with Gasteiger partial charge >= 0.3 is 18.5 Å². The van der Waals surface area contributed by atoms with Gasteiger partial charge in [-0.3, -0.25) is 4.74 Å². The van der Waals surface area contributed by atoms with Gasteiger partial charge in [-0.1, -0.05) is 0 Å². The van der Waals surface area contributed by atoms with Crippen molar-refractivity contribution in [2.45, 2.75) is 37.5 Å². The van der Waals surface area contributed by atoms with Crippen LogP contribution in [0.5, 0.6) is 0 Å². The minimum absolute atomic E-state index is 2.34. The summed E-state index contributed by atoms with van der Waals surface area (Å²) in [6.45, 7) is 0. The molecule has 0 saturated carbocycles. The molecule has 0 fully saturated rings. The van der Waals surface area contributed by atoms with Gasteiger partial charge in [-0.05, 0) is 0 Å². The number of alkyl halides is 10. The smallest absolute Gasteiger partial charge is 0.361 e. The lowest BCUT2D eigenvalue weighted by Gasteiger charge is -2.26. The van der Waals surface area contributed by atoms with Crippen LogP contribution in [-0.2, 0) is 9.47 Å². The van der Waals surface area contributed by atoms with Crippen molar-refractivity contribution in [2.75, 3.05) is 0 Å². The van der Waals surface area contributed by atoms with E-state index in [1.807, 2.05) is 0 Å². The lowest BCUT2D eigenvalue weighted by molar-refractivity contribution is -0.430. The molecule has 0 saturated heterocycles. The molecule has 13 heteroatoms. The number of hydrogen-bond donors (Lipinski definition) is 1. The van der Waals surface area contributed by atoms with Crippen LogP contribution in [0.1, 0.15) is 0 Å². The molecule has 0 amide bonds. The fraction of sp³-hybridized carbons (Fsp3) is 1.00. The highest BCUT2D eigenvalue weighted by molar-refractivity contribution is 4.65. The standard InChI is InChI=1S/C6H4F10O3/c7-1(4(9,10)11)18-3(17)6(15,16)19-2(8)5(12,13)14/h1-3,17H. The topological polar surface area (TPSA) is 38.7 Å². The summed E-state index contributed by atoms with van der Waals surface area (Å²) in [5.74, 6) is 0. The summed E-state index contributed by atoms with van der Waals surface area (Å²) in [7, 11) is 0. The van der Waals surface area contributed by atoms with Crippen LogP contribution < -0.4 is 0 Å². The summed E-state index contributed by atoms with van der Waals surface area (Å²) in [5, 5.41) is 8.25. The zero-order valence-electron chi connectivity index (χ0n) is 8.28. The largest absolute Gasteiger partial charge is 0.445 e. The molecule has 0 aromatic rings. The second kappa shape index (κ2) is 5.66. The Morgan fingerprint density at radius 3 is 1.42 bits per heavy atom. The predicted molar refractivity (Wildman–Crippen MR) is 35.0 cm³/mol. The van der Waals surface area contributed by atoms with E-state index in [0.29, 0.717) is 0 Å². The van der Waals surface area contributed by atoms with E-state index in [0.717, 1.165) is 0 Å². The van der Waals surface area contributed by atoms with Crippen LogP contribution in [0.25, 0.3) is 0 Å². The van der Waals surface area contributed by atoms with Crippen LogP contribution in [0.3, 0.4) is 0 Å². The summed E-state index contributed by atoms with van der Waals surface area (Å²) >= 11 is 0. The molecule has 0 aliphatic heterocycles. The minimum Gasteiger partial charge on any atom is -0.361 e. The second-order valence-electron chi connectivity index (χ2n) is 2.88. The fourth-order valence-corrected chi connectivity index (χ4v) is 0.533. The molecule has 3 unspecified atom stereocenters. The van der Waals surface area contributed by atoms with Crippen molar-refractivity contribution in [1.82, 2.24) is 0 Å². The highest BCUT2D eigenvalue weighted by atomic mass is 19.4. The van der Waals surface area contributed by atoms with Gasteiger partial charge < -0.3 is 9.84 Å². The Labute approximate surface area is 97.2 Å². The lowest BCUT2D eigenvalue weighted by Crippen LogP contribution is -2.46. The maximum absolute atomic E-state index is 12.5. The van der Waals surface area contributed by atoms with E-state index in [4.69, 9.17) is 5.11 Å². The number of aliphatic hydroxyl groups excluding tert-OH is 1. The second-order valence-corrected chi connectivity index (χ2v) is 2.88. The van der Waals surface area contributed by atoms with Crippen molar-refractivity contribution >= 4 is 0 Å². The Morgan fingerprint density at radius 1 is 0.737 bits per heavy atom. The van der Waals surface area contributed by atoms with Crippen molar-refractivity contribution in [3.05, 3.63) is 0 Å².